The minimum atomic E-state index is -2.59. The van der Waals surface area contributed by atoms with Crippen LogP contribution in [0, 0.1) is 10.5 Å². The number of halogens is 3. The molecule has 2 nitrogen and oxygen atoms in total. The van der Waals surface area contributed by atoms with E-state index in [4.69, 9.17) is 5.11 Å². The maximum atomic E-state index is 12.4. The van der Waals surface area contributed by atoms with Crippen LogP contribution in [0.4, 0.5) is 8.78 Å². The Labute approximate surface area is 88.1 Å². The van der Waals surface area contributed by atoms with Crippen LogP contribution in [0.2, 0.25) is 0 Å². The lowest BCUT2D eigenvalue weighted by molar-refractivity contribution is 0.144. The number of rotatable bonds is 2. The topological polar surface area (TPSA) is 33.1 Å². The Morgan fingerprint density at radius 2 is 2.23 bits per heavy atom. The number of nitrogens with zero attached hydrogens (tertiary/aromatic N) is 1. The van der Waals surface area contributed by atoms with Crippen LogP contribution in [-0.4, -0.2) is 10.1 Å². The molecule has 13 heavy (non-hydrogen) atoms. The second kappa shape index (κ2) is 4.28. The number of pyridine rings is 1. The molecular formula is C8H8F2INO. The lowest BCUT2D eigenvalue weighted by Crippen LogP contribution is -2.01. The van der Waals surface area contributed by atoms with E-state index < -0.39 is 6.43 Å². The van der Waals surface area contributed by atoms with Gasteiger partial charge in [-0.3, -0.25) is 4.98 Å². The van der Waals surface area contributed by atoms with Crippen molar-refractivity contribution in [2.75, 3.05) is 0 Å². The molecule has 0 saturated carbocycles. The molecule has 0 atom stereocenters. The Morgan fingerprint density at radius 3 is 2.69 bits per heavy atom. The Morgan fingerprint density at radius 1 is 1.62 bits per heavy atom. The summed E-state index contributed by atoms with van der Waals surface area (Å²) in [6.07, 6.45) is -2.59. The Balaban J connectivity index is 3.27. The molecule has 0 aliphatic heterocycles. The summed E-state index contributed by atoms with van der Waals surface area (Å²) in [6.45, 7) is 1.39. The van der Waals surface area contributed by atoms with E-state index in [9.17, 15) is 8.78 Å². The highest BCUT2D eigenvalue weighted by molar-refractivity contribution is 14.1. The highest BCUT2D eigenvalue weighted by atomic mass is 127. The molecule has 0 bridgehead atoms. The molecule has 1 N–H and O–H groups in total. The zero-order valence-corrected chi connectivity index (χ0v) is 9.05. The summed E-state index contributed by atoms with van der Waals surface area (Å²) in [7, 11) is 0. The summed E-state index contributed by atoms with van der Waals surface area (Å²) in [5.41, 5.74) is 0.757. The normalized spacial score (nSPS) is 10.9. The zero-order chi connectivity index (χ0) is 10.0. The largest absolute Gasteiger partial charge is 0.392 e. The molecule has 0 unspecified atom stereocenters. The monoisotopic (exact) mass is 299 g/mol. The van der Waals surface area contributed by atoms with Gasteiger partial charge in [0.05, 0.1) is 6.61 Å². The van der Waals surface area contributed by atoms with E-state index in [1.54, 1.807) is 35.6 Å². The fourth-order valence-electron chi connectivity index (χ4n) is 1.01. The van der Waals surface area contributed by atoms with E-state index in [1.807, 2.05) is 0 Å². The lowest BCUT2D eigenvalue weighted by Gasteiger charge is -2.07. The van der Waals surface area contributed by atoms with Gasteiger partial charge in [0.25, 0.3) is 6.43 Å². The van der Waals surface area contributed by atoms with Crippen LogP contribution in [0.1, 0.15) is 23.4 Å². The van der Waals surface area contributed by atoms with Crippen molar-refractivity contribution in [3.63, 3.8) is 0 Å². The highest BCUT2D eigenvalue weighted by Crippen LogP contribution is 2.25. The summed E-state index contributed by atoms with van der Waals surface area (Å²) in [5.74, 6) is 0. The molecule has 0 saturated heterocycles. The van der Waals surface area contributed by atoms with Gasteiger partial charge in [0.2, 0.25) is 0 Å². The first-order valence-corrected chi connectivity index (χ1v) is 4.69. The van der Waals surface area contributed by atoms with Crippen LogP contribution in [0.5, 0.6) is 0 Å². The maximum Gasteiger partial charge on any atom is 0.281 e. The van der Waals surface area contributed by atoms with E-state index in [0.29, 0.717) is 14.8 Å². The molecule has 0 aliphatic rings. The molecule has 0 aromatic carbocycles. The second-order valence-corrected chi connectivity index (χ2v) is 3.66. The third-order valence-corrected chi connectivity index (χ3v) is 2.81. The summed E-state index contributed by atoms with van der Waals surface area (Å²) in [6, 6.07) is 1.60. The van der Waals surface area contributed by atoms with Crippen molar-refractivity contribution in [3.8, 4) is 0 Å². The highest BCUT2D eigenvalue weighted by Gasteiger charge is 2.16. The molecule has 5 heteroatoms. The first-order chi connectivity index (χ1) is 6.06. The SMILES string of the molecule is Cc1cc(CO)c(I)c(C(F)F)n1. The van der Waals surface area contributed by atoms with Gasteiger partial charge in [0.1, 0.15) is 5.69 Å². The standard InChI is InChI=1S/C8H8F2INO/c1-4-2-5(3-13)6(11)7(12-4)8(9)10/h2,8,13H,3H2,1H3. The van der Waals surface area contributed by atoms with Crippen molar-refractivity contribution in [1.82, 2.24) is 4.98 Å². The number of alkyl halides is 2. The van der Waals surface area contributed by atoms with Crippen molar-refractivity contribution in [1.29, 1.82) is 0 Å². The van der Waals surface area contributed by atoms with Crippen LogP contribution in [0.15, 0.2) is 6.07 Å². The van der Waals surface area contributed by atoms with Gasteiger partial charge in [0, 0.05) is 9.26 Å². The molecule has 0 amide bonds. The molecule has 0 radical (unpaired) electrons. The zero-order valence-electron chi connectivity index (χ0n) is 6.89. The first-order valence-electron chi connectivity index (χ1n) is 3.61. The molecule has 0 spiro atoms. The molecule has 1 rings (SSSR count). The van der Waals surface area contributed by atoms with E-state index >= 15 is 0 Å². The van der Waals surface area contributed by atoms with Crippen molar-refractivity contribution in [2.45, 2.75) is 20.0 Å². The molecule has 1 heterocycles. The molecule has 0 fully saturated rings. The smallest absolute Gasteiger partial charge is 0.281 e. The van der Waals surface area contributed by atoms with Gasteiger partial charge in [-0.05, 0) is 41.1 Å². The van der Waals surface area contributed by atoms with Gasteiger partial charge >= 0.3 is 0 Å². The van der Waals surface area contributed by atoms with Gasteiger partial charge in [-0.1, -0.05) is 0 Å². The Hall–Kier alpha value is -0.300. The lowest BCUT2D eigenvalue weighted by atomic mass is 10.2. The summed E-state index contributed by atoms with van der Waals surface area (Å²) >= 11 is 1.77. The van der Waals surface area contributed by atoms with Gasteiger partial charge in [-0.15, -0.1) is 0 Å². The molecular weight excluding hydrogens is 291 g/mol. The van der Waals surface area contributed by atoms with Crippen LogP contribution < -0.4 is 0 Å². The minimum absolute atomic E-state index is 0.235. The van der Waals surface area contributed by atoms with Crippen molar-refractivity contribution >= 4 is 22.6 Å². The van der Waals surface area contributed by atoms with E-state index in [1.165, 1.54) is 0 Å². The quantitative estimate of drug-likeness (QED) is 0.851. The van der Waals surface area contributed by atoms with Crippen LogP contribution >= 0.6 is 22.6 Å². The van der Waals surface area contributed by atoms with Crippen LogP contribution in [-0.2, 0) is 6.61 Å². The summed E-state index contributed by atoms with van der Waals surface area (Å²) in [4.78, 5) is 3.71. The Kier molecular flexibility index (Phi) is 3.55. The predicted molar refractivity (Wildman–Crippen MR) is 52.6 cm³/mol. The molecule has 1 aromatic rings. The number of hydrogen-bond acceptors (Lipinski definition) is 2. The van der Waals surface area contributed by atoms with Crippen molar-refractivity contribution in [2.24, 2.45) is 0 Å². The minimum Gasteiger partial charge on any atom is -0.392 e. The number of hydrogen-bond donors (Lipinski definition) is 1. The average Bonchev–Trinajstić information content (AvgIpc) is 2.08. The number of aliphatic hydroxyl groups is 1. The van der Waals surface area contributed by atoms with Crippen LogP contribution in [0.25, 0.3) is 0 Å². The van der Waals surface area contributed by atoms with Crippen molar-refractivity contribution in [3.05, 3.63) is 26.6 Å². The second-order valence-electron chi connectivity index (χ2n) is 2.58. The number of aliphatic hydroxyl groups excluding tert-OH is 1. The Bertz CT molecular complexity index is 317. The van der Waals surface area contributed by atoms with E-state index in [2.05, 4.69) is 4.98 Å². The number of aromatic nitrogens is 1. The third kappa shape index (κ3) is 2.34. The first kappa shape index (κ1) is 10.8. The summed E-state index contributed by atoms with van der Waals surface area (Å²) < 4.78 is 25.1. The van der Waals surface area contributed by atoms with Gasteiger partial charge in [0.15, 0.2) is 0 Å². The van der Waals surface area contributed by atoms with Crippen molar-refractivity contribution < 1.29 is 13.9 Å². The van der Waals surface area contributed by atoms with Crippen LogP contribution in [0.3, 0.4) is 0 Å². The predicted octanol–water partition coefficient (Wildman–Crippen LogP) is 2.42. The molecule has 72 valence electrons. The van der Waals surface area contributed by atoms with Gasteiger partial charge < -0.3 is 5.11 Å². The number of aryl methyl sites for hydroxylation is 1. The van der Waals surface area contributed by atoms with E-state index in [-0.39, 0.29) is 12.3 Å². The fourth-order valence-corrected chi connectivity index (χ4v) is 1.69. The fraction of sp³-hybridized carbons (Fsp3) is 0.375. The maximum absolute atomic E-state index is 12.4. The van der Waals surface area contributed by atoms with E-state index in [0.717, 1.165) is 0 Å². The third-order valence-electron chi connectivity index (χ3n) is 1.56. The van der Waals surface area contributed by atoms with Gasteiger partial charge in [-0.25, -0.2) is 8.78 Å². The summed E-state index contributed by atoms with van der Waals surface area (Å²) in [5, 5.41) is 8.87. The molecule has 0 aliphatic carbocycles. The van der Waals surface area contributed by atoms with Gasteiger partial charge in [-0.2, -0.15) is 0 Å². The molecule has 1 aromatic heterocycles. The average molecular weight is 299 g/mol.